The number of benzene rings is 2. The Balaban J connectivity index is 1.68. The predicted molar refractivity (Wildman–Crippen MR) is 110 cm³/mol. The molecule has 0 radical (unpaired) electrons. The topological polar surface area (TPSA) is 81.2 Å². The van der Waals surface area contributed by atoms with Crippen LogP contribution in [0, 0.1) is 5.82 Å². The van der Waals surface area contributed by atoms with Crippen LogP contribution < -0.4 is 5.73 Å². The van der Waals surface area contributed by atoms with Gasteiger partial charge in [0.15, 0.2) is 5.16 Å². The van der Waals surface area contributed by atoms with Crippen LogP contribution in [0.15, 0.2) is 72.1 Å². The molecular formula is C21H21FN4O2S. The zero-order valence-electron chi connectivity index (χ0n) is 15.7. The van der Waals surface area contributed by atoms with E-state index in [4.69, 9.17) is 5.73 Å². The van der Waals surface area contributed by atoms with Gasteiger partial charge in [0.25, 0.3) is 0 Å². The van der Waals surface area contributed by atoms with Crippen LogP contribution >= 0.6 is 11.8 Å². The summed E-state index contributed by atoms with van der Waals surface area (Å²) in [4.78, 5) is 29.9. The fourth-order valence-electron chi connectivity index (χ4n) is 2.78. The van der Waals surface area contributed by atoms with Gasteiger partial charge in [0.1, 0.15) is 5.82 Å². The number of hydrogen-bond acceptors (Lipinski definition) is 4. The molecule has 0 bridgehead atoms. The van der Waals surface area contributed by atoms with Crippen molar-refractivity contribution in [2.24, 2.45) is 5.73 Å². The molecule has 1 aromatic heterocycles. The number of primary amides is 1. The standard InChI is InChI=1S/C21H21FN4O2S/c22-17-7-4-8-18(13-17)26-12-10-24-21(26)29-15-20(28)25(11-9-19(23)27)14-16-5-2-1-3-6-16/h1-8,10,12-13H,9,11,14-15H2,(H2,23,27). The molecule has 3 rings (SSSR count). The van der Waals surface area contributed by atoms with Crippen LogP contribution in [0.2, 0.25) is 0 Å². The lowest BCUT2D eigenvalue weighted by atomic mass is 10.2. The maximum absolute atomic E-state index is 13.5. The Labute approximate surface area is 172 Å². The summed E-state index contributed by atoms with van der Waals surface area (Å²) in [5, 5.41) is 0.582. The number of halogens is 1. The average molecular weight is 412 g/mol. The van der Waals surface area contributed by atoms with E-state index in [0.717, 1.165) is 5.56 Å². The summed E-state index contributed by atoms with van der Waals surface area (Å²) in [6.45, 7) is 0.647. The van der Waals surface area contributed by atoms with Gasteiger partial charge in [-0.2, -0.15) is 0 Å². The number of nitrogens with two attached hydrogens (primary N) is 1. The first-order valence-electron chi connectivity index (χ1n) is 9.05. The molecule has 1 heterocycles. The molecule has 2 N–H and O–H groups in total. The Hall–Kier alpha value is -3.13. The van der Waals surface area contributed by atoms with Gasteiger partial charge in [-0.25, -0.2) is 9.37 Å². The minimum atomic E-state index is -0.454. The Morgan fingerprint density at radius 2 is 1.93 bits per heavy atom. The molecule has 8 heteroatoms. The van der Waals surface area contributed by atoms with E-state index < -0.39 is 5.91 Å². The van der Waals surface area contributed by atoms with E-state index in [1.807, 2.05) is 30.3 Å². The zero-order chi connectivity index (χ0) is 20.6. The molecule has 2 amide bonds. The third-order valence-corrected chi connectivity index (χ3v) is 5.17. The molecule has 0 fully saturated rings. The van der Waals surface area contributed by atoms with Gasteiger partial charge in [0.2, 0.25) is 11.8 Å². The van der Waals surface area contributed by atoms with Crippen molar-refractivity contribution in [3.63, 3.8) is 0 Å². The first-order chi connectivity index (χ1) is 14.0. The van der Waals surface area contributed by atoms with Gasteiger partial charge < -0.3 is 10.6 Å². The number of aromatic nitrogens is 2. The average Bonchev–Trinajstić information content (AvgIpc) is 3.18. The normalized spacial score (nSPS) is 10.7. The van der Waals surface area contributed by atoms with E-state index in [1.54, 1.807) is 34.0 Å². The summed E-state index contributed by atoms with van der Waals surface area (Å²) in [5.41, 5.74) is 6.86. The molecular weight excluding hydrogens is 391 g/mol. The number of hydrogen-bond donors (Lipinski definition) is 1. The van der Waals surface area contributed by atoms with Crippen molar-refractivity contribution in [2.45, 2.75) is 18.1 Å². The smallest absolute Gasteiger partial charge is 0.233 e. The lowest BCUT2D eigenvalue weighted by molar-refractivity contribution is -0.129. The van der Waals surface area contributed by atoms with Gasteiger partial charge >= 0.3 is 0 Å². The van der Waals surface area contributed by atoms with Crippen LogP contribution in [-0.2, 0) is 16.1 Å². The Morgan fingerprint density at radius 3 is 2.66 bits per heavy atom. The van der Waals surface area contributed by atoms with E-state index in [-0.39, 0.29) is 30.4 Å². The monoisotopic (exact) mass is 412 g/mol. The second-order valence-electron chi connectivity index (χ2n) is 6.37. The molecule has 0 atom stereocenters. The quantitative estimate of drug-likeness (QED) is 0.548. The highest BCUT2D eigenvalue weighted by Gasteiger charge is 2.17. The van der Waals surface area contributed by atoms with Crippen LogP contribution in [0.25, 0.3) is 5.69 Å². The number of carbonyl (C=O) groups is 2. The summed E-state index contributed by atoms with van der Waals surface area (Å²) >= 11 is 1.26. The van der Waals surface area contributed by atoms with Crippen LogP contribution in [-0.4, -0.2) is 38.6 Å². The first-order valence-corrected chi connectivity index (χ1v) is 10.0. The van der Waals surface area contributed by atoms with Crippen molar-refractivity contribution in [1.29, 1.82) is 0 Å². The number of nitrogens with zero attached hydrogens (tertiary/aromatic N) is 3. The first kappa shape index (κ1) is 20.6. The molecule has 0 spiro atoms. The molecule has 3 aromatic rings. The van der Waals surface area contributed by atoms with Gasteiger partial charge in [-0.05, 0) is 23.8 Å². The summed E-state index contributed by atoms with van der Waals surface area (Å²) in [6, 6.07) is 15.7. The second-order valence-corrected chi connectivity index (χ2v) is 7.31. The van der Waals surface area contributed by atoms with Crippen molar-refractivity contribution >= 4 is 23.6 Å². The Bertz CT molecular complexity index is 978. The molecule has 2 aromatic carbocycles. The maximum Gasteiger partial charge on any atom is 0.233 e. The summed E-state index contributed by atoms with van der Waals surface area (Å²) in [7, 11) is 0. The minimum absolute atomic E-state index is 0.0984. The highest BCUT2D eigenvalue weighted by molar-refractivity contribution is 7.99. The molecule has 150 valence electrons. The van der Waals surface area contributed by atoms with Crippen molar-refractivity contribution < 1.29 is 14.0 Å². The Kier molecular flexibility index (Phi) is 7.02. The van der Waals surface area contributed by atoms with E-state index in [9.17, 15) is 14.0 Å². The number of thioether (sulfide) groups is 1. The van der Waals surface area contributed by atoms with Gasteiger partial charge in [-0.3, -0.25) is 14.2 Å². The Morgan fingerprint density at radius 1 is 1.14 bits per heavy atom. The van der Waals surface area contributed by atoms with Crippen molar-refractivity contribution in [2.75, 3.05) is 12.3 Å². The van der Waals surface area contributed by atoms with Gasteiger partial charge in [0, 0.05) is 31.9 Å². The molecule has 29 heavy (non-hydrogen) atoms. The largest absolute Gasteiger partial charge is 0.370 e. The summed E-state index contributed by atoms with van der Waals surface area (Å²) in [5.74, 6) is -0.791. The molecule has 0 aliphatic rings. The SMILES string of the molecule is NC(=O)CCN(Cc1ccccc1)C(=O)CSc1nccn1-c1cccc(F)c1. The van der Waals surface area contributed by atoms with Gasteiger partial charge in [0.05, 0.1) is 11.4 Å². The minimum Gasteiger partial charge on any atom is -0.370 e. The van der Waals surface area contributed by atoms with Crippen LogP contribution in [0.3, 0.4) is 0 Å². The van der Waals surface area contributed by atoms with Crippen LogP contribution in [0.4, 0.5) is 4.39 Å². The third-order valence-electron chi connectivity index (χ3n) is 4.21. The molecule has 0 saturated heterocycles. The lowest BCUT2D eigenvalue weighted by Gasteiger charge is -2.22. The van der Waals surface area contributed by atoms with E-state index >= 15 is 0 Å². The highest BCUT2D eigenvalue weighted by Crippen LogP contribution is 2.21. The van der Waals surface area contributed by atoms with Crippen LogP contribution in [0.5, 0.6) is 0 Å². The predicted octanol–water partition coefficient (Wildman–Crippen LogP) is 3.01. The highest BCUT2D eigenvalue weighted by atomic mass is 32.2. The summed E-state index contributed by atoms with van der Waals surface area (Å²) < 4.78 is 15.3. The van der Waals surface area contributed by atoms with Crippen molar-refractivity contribution in [1.82, 2.24) is 14.5 Å². The molecule has 0 saturated carbocycles. The number of amides is 2. The zero-order valence-corrected chi connectivity index (χ0v) is 16.5. The molecule has 0 aliphatic heterocycles. The fraction of sp³-hybridized carbons (Fsp3) is 0.190. The number of imidazole rings is 1. The number of rotatable bonds is 9. The molecule has 6 nitrogen and oxygen atoms in total. The number of carbonyl (C=O) groups excluding carboxylic acids is 2. The van der Waals surface area contributed by atoms with Gasteiger partial charge in [-0.15, -0.1) is 0 Å². The van der Waals surface area contributed by atoms with Crippen LogP contribution in [0.1, 0.15) is 12.0 Å². The summed E-state index contributed by atoms with van der Waals surface area (Å²) in [6.07, 6.45) is 3.42. The van der Waals surface area contributed by atoms with Crippen molar-refractivity contribution in [3.8, 4) is 5.69 Å². The second kappa shape index (κ2) is 9.88. The van der Waals surface area contributed by atoms with Crippen molar-refractivity contribution in [3.05, 3.63) is 78.4 Å². The molecule has 0 aliphatic carbocycles. The fourth-order valence-corrected chi connectivity index (χ4v) is 3.65. The molecule has 0 unspecified atom stereocenters. The third kappa shape index (κ3) is 5.92. The van der Waals surface area contributed by atoms with E-state index in [2.05, 4.69) is 4.98 Å². The van der Waals surface area contributed by atoms with E-state index in [0.29, 0.717) is 17.4 Å². The maximum atomic E-state index is 13.5. The van der Waals surface area contributed by atoms with E-state index in [1.165, 1.54) is 23.9 Å². The van der Waals surface area contributed by atoms with Gasteiger partial charge in [-0.1, -0.05) is 48.2 Å². The lowest BCUT2D eigenvalue weighted by Crippen LogP contribution is -2.34.